The van der Waals surface area contributed by atoms with Crippen molar-refractivity contribution in [1.29, 1.82) is 5.26 Å². The number of nitrogens with one attached hydrogen (secondary N) is 2. The first-order chi connectivity index (χ1) is 19.9. The number of hydrogen-bond acceptors (Lipinski definition) is 7. The fraction of sp³-hybridized carbons (Fsp3) is 0.688. The van der Waals surface area contributed by atoms with Crippen LogP contribution in [0.3, 0.4) is 0 Å². The van der Waals surface area contributed by atoms with Crippen molar-refractivity contribution in [1.82, 2.24) is 25.3 Å². The topological polar surface area (TPSA) is 83.9 Å². The summed E-state index contributed by atoms with van der Waals surface area (Å²) in [6.07, 6.45) is 10.3. The highest BCUT2D eigenvalue weighted by molar-refractivity contribution is 5.87. The second-order valence-electron chi connectivity index (χ2n) is 13.1. The van der Waals surface area contributed by atoms with Crippen LogP contribution < -0.4 is 10.6 Å². The molecule has 6 rings (SSSR count). The molecule has 3 saturated heterocycles. The minimum atomic E-state index is -0.252. The number of halogens is 1. The van der Waals surface area contributed by atoms with Gasteiger partial charge in [0.1, 0.15) is 5.82 Å². The van der Waals surface area contributed by atoms with Crippen LogP contribution in [0.5, 0.6) is 0 Å². The molecule has 4 fully saturated rings. The molecule has 2 N–H and O–H groups in total. The van der Waals surface area contributed by atoms with Crippen LogP contribution in [0.2, 0.25) is 0 Å². The number of likely N-dealkylation sites (tertiary alicyclic amines) is 1. The monoisotopic (exact) mass is 564 g/mol. The van der Waals surface area contributed by atoms with Crippen LogP contribution in [0.15, 0.2) is 30.9 Å². The van der Waals surface area contributed by atoms with Gasteiger partial charge in [-0.15, -0.1) is 0 Å². The maximum absolute atomic E-state index is 13.9. The molecule has 3 heterocycles. The number of nitriles is 1. The number of benzene rings is 1. The maximum atomic E-state index is 13.9. The number of hydrogen-bond donors (Lipinski definition) is 2. The maximum Gasteiger partial charge on any atom is 0.246 e. The summed E-state index contributed by atoms with van der Waals surface area (Å²) in [5.41, 5.74) is 2.70. The molecular weight excluding hydrogens is 519 g/mol. The van der Waals surface area contributed by atoms with Crippen LogP contribution in [0.1, 0.15) is 56.1 Å². The molecule has 7 unspecified atom stereocenters. The van der Waals surface area contributed by atoms with E-state index in [0.29, 0.717) is 44.1 Å². The zero-order chi connectivity index (χ0) is 28.6. The number of rotatable bonds is 6. The molecule has 1 spiro atoms. The first-order valence-corrected chi connectivity index (χ1v) is 15.5. The molecule has 8 nitrogen and oxygen atoms in total. The van der Waals surface area contributed by atoms with Gasteiger partial charge in [0.2, 0.25) is 5.91 Å². The lowest BCUT2D eigenvalue weighted by Crippen LogP contribution is -2.72. The van der Waals surface area contributed by atoms with Crippen LogP contribution in [-0.4, -0.2) is 91.1 Å². The quantitative estimate of drug-likeness (QED) is 0.514. The van der Waals surface area contributed by atoms with Crippen molar-refractivity contribution in [2.24, 2.45) is 11.3 Å². The zero-order valence-electron chi connectivity index (χ0n) is 24.4. The lowest BCUT2D eigenvalue weighted by atomic mass is 9.59. The van der Waals surface area contributed by atoms with Crippen molar-refractivity contribution < 1.29 is 13.9 Å². The normalized spacial score (nSPS) is 36.0. The van der Waals surface area contributed by atoms with E-state index < -0.39 is 0 Å². The summed E-state index contributed by atoms with van der Waals surface area (Å²) < 4.78 is 20.4. The van der Waals surface area contributed by atoms with E-state index in [4.69, 9.17) is 4.74 Å². The molecule has 5 aliphatic rings. The highest BCUT2D eigenvalue weighted by Gasteiger charge is 2.50. The van der Waals surface area contributed by atoms with E-state index in [1.54, 1.807) is 12.1 Å². The smallest absolute Gasteiger partial charge is 0.246 e. The van der Waals surface area contributed by atoms with Crippen LogP contribution >= 0.6 is 0 Å². The van der Waals surface area contributed by atoms with Crippen LogP contribution in [0.25, 0.3) is 0 Å². The van der Waals surface area contributed by atoms with Gasteiger partial charge in [0.15, 0.2) is 6.35 Å². The predicted molar refractivity (Wildman–Crippen MR) is 155 cm³/mol. The fourth-order valence-electron chi connectivity index (χ4n) is 8.44. The standard InChI is InChI=1S/C32H45FN6O2/c1-3-29(40)39-16-15-38(20-25(39)10-13-34)30-27-9-12-32(11-8-22-17-24(33)7-6-23(22)18-32)19-28(27)35-31(36-30)41-21-26-5-4-14-37(26)2/h3,6-7,17,25-28,30-31,35-36H,1,4-5,8-12,14-16,18-21H2,2H3. The Kier molecular flexibility index (Phi) is 8.49. The van der Waals surface area contributed by atoms with Gasteiger partial charge in [0.05, 0.1) is 31.3 Å². The summed E-state index contributed by atoms with van der Waals surface area (Å²) in [6.45, 7) is 7.49. The molecule has 0 bridgehead atoms. The van der Waals surface area contributed by atoms with Crippen molar-refractivity contribution in [3.63, 3.8) is 0 Å². The van der Waals surface area contributed by atoms with Crippen molar-refractivity contribution in [2.45, 2.75) is 88.4 Å². The Labute approximate surface area is 243 Å². The van der Waals surface area contributed by atoms with Crippen molar-refractivity contribution in [3.8, 4) is 6.07 Å². The van der Waals surface area contributed by atoms with E-state index in [1.165, 1.54) is 23.6 Å². The number of piperazine rings is 1. The van der Waals surface area contributed by atoms with Gasteiger partial charge in [-0.3, -0.25) is 20.3 Å². The van der Waals surface area contributed by atoms with Crippen LogP contribution in [0, 0.1) is 28.5 Å². The van der Waals surface area contributed by atoms with E-state index in [9.17, 15) is 14.4 Å². The molecule has 1 amide bonds. The Morgan fingerprint density at radius 2 is 2.10 bits per heavy atom. The molecule has 2 aliphatic carbocycles. The molecule has 0 aromatic heterocycles. The Bertz CT molecular complexity index is 1170. The first-order valence-electron chi connectivity index (χ1n) is 15.5. The van der Waals surface area contributed by atoms with Gasteiger partial charge in [-0.05, 0) is 99.7 Å². The number of likely N-dealkylation sites (N-methyl/N-ethyl adjacent to an activating group) is 1. The van der Waals surface area contributed by atoms with E-state index in [1.807, 2.05) is 11.0 Å². The van der Waals surface area contributed by atoms with E-state index in [-0.39, 0.29) is 35.7 Å². The van der Waals surface area contributed by atoms with Crippen LogP contribution in [-0.2, 0) is 22.4 Å². The van der Waals surface area contributed by atoms with Gasteiger partial charge in [-0.2, -0.15) is 5.26 Å². The third-order valence-corrected chi connectivity index (χ3v) is 10.7. The minimum absolute atomic E-state index is 0.0972. The third kappa shape index (κ3) is 5.95. The number of fused-ring (bicyclic) bond motifs is 2. The van der Waals surface area contributed by atoms with E-state index >= 15 is 0 Å². The van der Waals surface area contributed by atoms with Gasteiger partial charge in [-0.25, -0.2) is 4.39 Å². The molecule has 9 heteroatoms. The Morgan fingerprint density at radius 3 is 2.88 bits per heavy atom. The number of carbonyl (C=O) groups excluding carboxylic acids is 1. The number of amides is 1. The lowest BCUT2D eigenvalue weighted by molar-refractivity contribution is -0.137. The molecular formula is C32H45FN6O2. The fourth-order valence-corrected chi connectivity index (χ4v) is 8.44. The van der Waals surface area contributed by atoms with Gasteiger partial charge in [-0.1, -0.05) is 12.6 Å². The van der Waals surface area contributed by atoms with Crippen molar-refractivity contribution in [3.05, 3.63) is 47.8 Å². The Hall–Kier alpha value is -2.35. The average molecular weight is 565 g/mol. The molecule has 7 atom stereocenters. The molecule has 41 heavy (non-hydrogen) atoms. The average Bonchev–Trinajstić information content (AvgIpc) is 3.39. The van der Waals surface area contributed by atoms with Crippen LogP contribution in [0.4, 0.5) is 4.39 Å². The largest absolute Gasteiger partial charge is 0.348 e. The summed E-state index contributed by atoms with van der Waals surface area (Å²) in [5, 5.41) is 17.2. The number of nitrogens with zero attached hydrogens (tertiary/aromatic N) is 4. The van der Waals surface area contributed by atoms with Gasteiger partial charge in [0, 0.05) is 37.6 Å². The highest BCUT2D eigenvalue weighted by Crippen LogP contribution is 2.49. The number of carbonyl (C=O) groups is 1. The van der Waals surface area contributed by atoms with Crippen molar-refractivity contribution in [2.75, 3.05) is 39.8 Å². The van der Waals surface area contributed by atoms with Gasteiger partial charge < -0.3 is 14.5 Å². The number of ether oxygens (including phenoxy) is 1. The summed E-state index contributed by atoms with van der Waals surface area (Å²) >= 11 is 0. The Balaban J connectivity index is 1.20. The predicted octanol–water partition coefficient (Wildman–Crippen LogP) is 3.00. The summed E-state index contributed by atoms with van der Waals surface area (Å²) in [6, 6.07) is 8.23. The van der Waals surface area contributed by atoms with Gasteiger partial charge in [0.25, 0.3) is 0 Å². The zero-order valence-corrected chi connectivity index (χ0v) is 24.4. The summed E-state index contributed by atoms with van der Waals surface area (Å²) in [5.74, 6) is 0.164. The molecule has 0 radical (unpaired) electrons. The Morgan fingerprint density at radius 1 is 1.22 bits per heavy atom. The second-order valence-corrected chi connectivity index (χ2v) is 13.1. The highest BCUT2D eigenvalue weighted by atomic mass is 19.1. The van der Waals surface area contributed by atoms with E-state index in [0.717, 1.165) is 58.0 Å². The van der Waals surface area contributed by atoms with Gasteiger partial charge >= 0.3 is 0 Å². The molecule has 222 valence electrons. The minimum Gasteiger partial charge on any atom is -0.348 e. The molecule has 3 aliphatic heterocycles. The second kappa shape index (κ2) is 12.1. The summed E-state index contributed by atoms with van der Waals surface area (Å²) in [7, 11) is 2.18. The van der Waals surface area contributed by atoms with Crippen molar-refractivity contribution >= 4 is 5.91 Å². The third-order valence-electron chi connectivity index (χ3n) is 10.7. The summed E-state index contributed by atoms with van der Waals surface area (Å²) in [4.78, 5) is 19.2. The molecule has 1 aromatic rings. The number of aryl methyl sites for hydroxylation is 1. The first kappa shape index (κ1) is 28.8. The molecule has 1 saturated carbocycles. The lowest BCUT2D eigenvalue weighted by Gasteiger charge is -2.56. The van der Waals surface area contributed by atoms with E-state index in [2.05, 4.69) is 40.1 Å². The molecule has 1 aromatic carbocycles. The SMILES string of the molecule is C=CC(=O)N1CCN(C2NC(OCC3CCCN3C)NC3CC4(CCc5cc(F)ccc5C4)CCC32)CC1CC#N.